The number of aromatic nitrogens is 3. The largest absolute Gasteiger partial charge is 0.473 e. The number of anilines is 2. The van der Waals surface area contributed by atoms with Crippen molar-refractivity contribution in [3.05, 3.63) is 36.3 Å². The van der Waals surface area contributed by atoms with Crippen molar-refractivity contribution in [1.82, 2.24) is 19.9 Å². The summed E-state index contributed by atoms with van der Waals surface area (Å²) in [6, 6.07) is 3.85. The molecule has 0 amide bonds. The van der Waals surface area contributed by atoms with Gasteiger partial charge in [-0.15, -0.1) is 0 Å². The zero-order chi connectivity index (χ0) is 17.6. The standard InChI is InChI=1S/C18H26N6O/c1-14(2)25-17-16(5-4-6-19-17)20-11-15-12-21-18(22-13-15)24-9-7-23(3)8-10-24/h4-6,12-14,20H,7-11H2,1-3H3. The highest BCUT2D eigenvalue weighted by atomic mass is 16.5. The van der Waals surface area contributed by atoms with E-state index in [1.807, 2.05) is 38.4 Å². The van der Waals surface area contributed by atoms with Crippen molar-refractivity contribution in [3.8, 4) is 5.88 Å². The van der Waals surface area contributed by atoms with Gasteiger partial charge in [0.05, 0.1) is 11.8 Å². The normalized spacial score (nSPS) is 15.4. The van der Waals surface area contributed by atoms with Crippen LogP contribution in [0.5, 0.6) is 5.88 Å². The van der Waals surface area contributed by atoms with Gasteiger partial charge in [0.15, 0.2) is 0 Å². The SMILES string of the molecule is CC(C)Oc1ncccc1NCc1cnc(N2CCN(C)CC2)nc1. The molecule has 1 aliphatic heterocycles. The van der Waals surface area contributed by atoms with Gasteiger partial charge in [-0.25, -0.2) is 15.0 Å². The van der Waals surface area contributed by atoms with Gasteiger partial charge < -0.3 is 19.9 Å². The molecule has 1 fully saturated rings. The highest BCUT2D eigenvalue weighted by molar-refractivity contribution is 5.52. The molecule has 0 spiro atoms. The van der Waals surface area contributed by atoms with E-state index >= 15 is 0 Å². The molecule has 3 heterocycles. The first-order valence-corrected chi connectivity index (χ1v) is 8.72. The van der Waals surface area contributed by atoms with Gasteiger partial charge in [0, 0.05) is 56.9 Å². The molecular weight excluding hydrogens is 316 g/mol. The molecule has 25 heavy (non-hydrogen) atoms. The summed E-state index contributed by atoms with van der Waals surface area (Å²) in [6.07, 6.45) is 5.58. The summed E-state index contributed by atoms with van der Waals surface area (Å²) in [6.45, 7) is 8.65. The quantitative estimate of drug-likeness (QED) is 0.861. The van der Waals surface area contributed by atoms with Crippen molar-refractivity contribution in [3.63, 3.8) is 0 Å². The summed E-state index contributed by atoms with van der Waals surface area (Å²) in [5.41, 5.74) is 1.90. The third kappa shape index (κ3) is 4.79. The van der Waals surface area contributed by atoms with E-state index in [-0.39, 0.29) is 6.10 Å². The molecule has 7 heteroatoms. The fourth-order valence-corrected chi connectivity index (χ4v) is 2.65. The molecule has 0 aromatic carbocycles. The van der Waals surface area contributed by atoms with E-state index in [2.05, 4.69) is 37.1 Å². The number of ether oxygens (including phenoxy) is 1. The molecule has 1 N–H and O–H groups in total. The van der Waals surface area contributed by atoms with Crippen LogP contribution in [0.15, 0.2) is 30.7 Å². The lowest BCUT2D eigenvalue weighted by Gasteiger charge is -2.32. The van der Waals surface area contributed by atoms with Crippen LogP contribution in [0.2, 0.25) is 0 Å². The van der Waals surface area contributed by atoms with Crippen LogP contribution in [0.3, 0.4) is 0 Å². The molecule has 0 aliphatic carbocycles. The first kappa shape index (κ1) is 17.4. The minimum Gasteiger partial charge on any atom is -0.473 e. The van der Waals surface area contributed by atoms with E-state index in [4.69, 9.17) is 4.74 Å². The summed E-state index contributed by atoms with van der Waals surface area (Å²) >= 11 is 0. The summed E-state index contributed by atoms with van der Waals surface area (Å²) in [5.74, 6) is 1.43. The van der Waals surface area contributed by atoms with E-state index in [1.54, 1.807) is 6.20 Å². The van der Waals surface area contributed by atoms with E-state index in [1.165, 1.54) is 0 Å². The third-order valence-corrected chi connectivity index (χ3v) is 4.08. The van der Waals surface area contributed by atoms with Crippen molar-refractivity contribution in [2.24, 2.45) is 0 Å². The van der Waals surface area contributed by atoms with Gasteiger partial charge in [-0.2, -0.15) is 0 Å². The van der Waals surface area contributed by atoms with Gasteiger partial charge >= 0.3 is 0 Å². The second kappa shape index (κ2) is 8.11. The summed E-state index contributed by atoms with van der Waals surface area (Å²) < 4.78 is 5.73. The van der Waals surface area contributed by atoms with E-state index in [0.717, 1.165) is 43.4 Å². The molecule has 2 aromatic rings. The lowest BCUT2D eigenvalue weighted by Crippen LogP contribution is -2.45. The number of nitrogens with one attached hydrogen (secondary N) is 1. The minimum atomic E-state index is 0.0849. The molecule has 7 nitrogen and oxygen atoms in total. The fourth-order valence-electron chi connectivity index (χ4n) is 2.65. The predicted molar refractivity (Wildman–Crippen MR) is 99.1 cm³/mol. The van der Waals surface area contributed by atoms with Crippen LogP contribution in [-0.4, -0.2) is 59.2 Å². The molecule has 2 aromatic heterocycles. The fraction of sp³-hybridized carbons (Fsp3) is 0.500. The molecule has 0 saturated carbocycles. The van der Waals surface area contributed by atoms with Gasteiger partial charge in [-0.3, -0.25) is 0 Å². The molecule has 0 atom stereocenters. The molecule has 3 rings (SSSR count). The Morgan fingerprint density at radius 1 is 1.12 bits per heavy atom. The second-order valence-electron chi connectivity index (χ2n) is 6.56. The monoisotopic (exact) mass is 342 g/mol. The number of pyridine rings is 1. The minimum absolute atomic E-state index is 0.0849. The smallest absolute Gasteiger partial charge is 0.237 e. The van der Waals surface area contributed by atoms with Crippen molar-refractivity contribution in [2.45, 2.75) is 26.5 Å². The van der Waals surface area contributed by atoms with Gasteiger partial charge in [-0.1, -0.05) is 0 Å². The van der Waals surface area contributed by atoms with Crippen LogP contribution in [-0.2, 0) is 6.54 Å². The van der Waals surface area contributed by atoms with E-state index in [9.17, 15) is 0 Å². The Morgan fingerprint density at radius 2 is 1.84 bits per heavy atom. The summed E-state index contributed by atoms with van der Waals surface area (Å²) in [4.78, 5) is 17.9. The van der Waals surface area contributed by atoms with Crippen LogP contribution >= 0.6 is 0 Å². The molecule has 1 saturated heterocycles. The van der Waals surface area contributed by atoms with Crippen LogP contribution in [0.1, 0.15) is 19.4 Å². The Labute approximate surface area is 149 Å². The van der Waals surface area contributed by atoms with Crippen molar-refractivity contribution in [1.29, 1.82) is 0 Å². The molecule has 0 bridgehead atoms. The van der Waals surface area contributed by atoms with Crippen LogP contribution in [0.25, 0.3) is 0 Å². The number of likely N-dealkylation sites (N-methyl/N-ethyl adjacent to an activating group) is 1. The Balaban J connectivity index is 1.59. The Morgan fingerprint density at radius 3 is 2.52 bits per heavy atom. The van der Waals surface area contributed by atoms with Gasteiger partial charge in [0.2, 0.25) is 11.8 Å². The van der Waals surface area contributed by atoms with Crippen LogP contribution < -0.4 is 15.0 Å². The van der Waals surface area contributed by atoms with Crippen molar-refractivity contribution < 1.29 is 4.74 Å². The average molecular weight is 342 g/mol. The first-order valence-electron chi connectivity index (χ1n) is 8.72. The lowest BCUT2D eigenvalue weighted by molar-refractivity contribution is 0.234. The van der Waals surface area contributed by atoms with Gasteiger partial charge in [0.25, 0.3) is 0 Å². The number of rotatable bonds is 6. The van der Waals surface area contributed by atoms with Crippen LogP contribution in [0, 0.1) is 0 Å². The maximum absolute atomic E-state index is 5.73. The van der Waals surface area contributed by atoms with Gasteiger partial charge in [-0.05, 0) is 33.0 Å². The van der Waals surface area contributed by atoms with Crippen molar-refractivity contribution >= 4 is 11.6 Å². The Hall–Kier alpha value is -2.41. The Bertz CT molecular complexity index is 668. The van der Waals surface area contributed by atoms with Crippen LogP contribution in [0.4, 0.5) is 11.6 Å². The molecule has 1 aliphatic rings. The zero-order valence-electron chi connectivity index (χ0n) is 15.1. The molecular formula is C18H26N6O. The zero-order valence-corrected chi connectivity index (χ0v) is 15.1. The maximum atomic E-state index is 5.73. The molecule has 0 unspecified atom stereocenters. The highest BCUT2D eigenvalue weighted by Crippen LogP contribution is 2.22. The first-order chi connectivity index (χ1) is 12.1. The number of hydrogen-bond donors (Lipinski definition) is 1. The highest BCUT2D eigenvalue weighted by Gasteiger charge is 2.16. The second-order valence-corrected chi connectivity index (χ2v) is 6.56. The summed E-state index contributed by atoms with van der Waals surface area (Å²) in [7, 11) is 2.14. The maximum Gasteiger partial charge on any atom is 0.237 e. The number of hydrogen-bond acceptors (Lipinski definition) is 7. The predicted octanol–water partition coefficient (Wildman–Crippen LogP) is 2.02. The van der Waals surface area contributed by atoms with E-state index in [0.29, 0.717) is 12.4 Å². The number of piperazine rings is 1. The third-order valence-electron chi connectivity index (χ3n) is 4.08. The lowest BCUT2D eigenvalue weighted by atomic mass is 10.3. The topological polar surface area (TPSA) is 66.4 Å². The molecule has 134 valence electrons. The average Bonchev–Trinajstić information content (AvgIpc) is 2.62. The number of nitrogens with zero attached hydrogens (tertiary/aromatic N) is 5. The van der Waals surface area contributed by atoms with Crippen molar-refractivity contribution in [2.75, 3.05) is 43.4 Å². The van der Waals surface area contributed by atoms with Gasteiger partial charge in [0.1, 0.15) is 0 Å². The summed E-state index contributed by atoms with van der Waals surface area (Å²) in [5, 5.41) is 3.35. The van der Waals surface area contributed by atoms with E-state index < -0.39 is 0 Å². The molecule has 0 radical (unpaired) electrons. The Kier molecular flexibility index (Phi) is 5.65.